The van der Waals surface area contributed by atoms with Crippen LogP contribution < -0.4 is 0 Å². The Kier molecular flexibility index (Phi) is 9.99. The van der Waals surface area contributed by atoms with Crippen LogP contribution in [0, 0.1) is 41.5 Å². The van der Waals surface area contributed by atoms with E-state index in [1.807, 2.05) is 0 Å². The average molecular weight is 641 g/mol. The van der Waals surface area contributed by atoms with E-state index in [9.17, 15) is 0 Å². The summed E-state index contributed by atoms with van der Waals surface area (Å²) < 4.78 is 0. The third-order valence-corrected chi connectivity index (χ3v) is 9.63. The van der Waals surface area contributed by atoms with Gasteiger partial charge in [0.05, 0.1) is 0 Å². The minimum Gasteiger partial charge on any atom is -0.182 e. The normalized spacial score (nSPS) is 12.3. The molecule has 0 saturated heterocycles. The molecule has 2 heteroatoms. The standard InChI is InChI=1S/C46H42BCl/c1-31-27-33(3)41(34(4)28-31)43(37-19-11-7-12-20-37)45(39-23-15-9-16-24-39)47(48)46(40-25-17-10-18-26-40)44(38-21-13-8-14-22-38)42-35(5)29-32(2)30-36(42)6/h7-30H,1-6H3/b45-43-,46-44+. The van der Waals surface area contributed by atoms with Gasteiger partial charge in [0, 0.05) is 0 Å². The van der Waals surface area contributed by atoms with E-state index in [1.54, 1.807) is 0 Å². The lowest BCUT2D eigenvalue weighted by molar-refractivity contribution is 1.29. The fourth-order valence-electron chi connectivity index (χ4n) is 7.44. The van der Waals surface area contributed by atoms with Crippen LogP contribution in [0.5, 0.6) is 0 Å². The lowest BCUT2D eigenvalue weighted by Gasteiger charge is -2.27. The maximum absolute atomic E-state index is 8.23. The van der Waals surface area contributed by atoms with E-state index in [4.69, 9.17) is 11.5 Å². The molecule has 0 aromatic heterocycles. The van der Waals surface area contributed by atoms with Crippen molar-refractivity contribution in [3.05, 3.63) is 212 Å². The third-order valence-electron chi connectivity index (χ3n) is 9.19. The van der Waals surface area contributed by atoms with Crippen molar-refractivity contribution in [3.63, 3.8) is 0 Å². The summed E-state index contributed by atoms with van der Waals surface area (Å²) in [6.07, 6.45) is -0.514. The summed E-state index contributed by atoms with van der Waals surface area (Å²) in [5.41, 5.74) is 18.9. The van der Waals surface area contributed by atoms with Crippen LogP contribution in [0.4, 0.5) is 0 Å². The summed E-state index contributed by atoms with van der Waals surface area (Å²) in [6.45, 7) is 13.3. The van der Waals surface area contributed by atoms with Gasteiger partial charge in [-0.2, -0.15) is 11.5 Å². The first-order valence-corrected chi connectivity index (χ1v) is 17.2. The van der Waals surface area contributed by atoms with Gasteiger partial charge in [0.1, 0.15) is 0 Å². The van der Waals surface area contributed by atoms with Crippen LogP contribution in [0.3, 0.4) is 0 Å². The molecule has 6 aromatic rings. The smallest absolute Gasteiger partial charge is 0.182 e. The van der Waals surface area contributed by atoms with E-state index < -0.39 is 6.13 Å². The SMILES string of the molecule is Cc1cc(C)c(/C(=C(/B(Cl)/C(=C(/c2ccccc2)c2c(C)cc(C)cc2C)c2ccccc2)c2ccccc2)c2ccccc2)c(C)c1. The van der Waals surface area contributed by atoms with Gasteiger partial charge in [0.15, 0.2) is 0 Å². The summed E-state index contributed by atoms with van der Waals surface area (Å²) in [6, 6.07) is 52.2. The minimum absolute atomic E-state index is 0.514. The van der Waals surface area contributed by atoms with Crippen molar-refractivity contribution in [1.82, 2.24) is 0 Å². The molecule has 0 amide bonds. The van der Waals surface area contributed by atoms with Crippen LogP contribution >= 0.6 is 11.5 Å². The molecule has 236 valence electrons. The lowest BCUT2D eigenvalue weighted by Crippen LogP contribution is -2.18. The molecule has 0 aliphatic carbocycles. The number of rotatable bonds is 8. The van der Waals surface area contributed by atoms with E-state index in [2.05, 4.69) is 187 Å². The molecule has 0 radical (unpaired) electrons. The molecule has 6 rings (SSSR count). The highest BCUT2D eigenvalue weighted by atomic mass is 35.5. The van der Waals surface area contributed by atoms with Crippen molar-refractivity contribution in [2.45, 2.75) is 41.5 Å². The Morgan fingerprint density at radius 2 is 0.625 bits per heavy atom. The van der Waals surface area contributed by atoms with Crippen molar-refractivity contribution in [2.75, 3.05) is 0 Å². The van der Waals surface area contributed by atoms with E-state index in [0.717, 1.165) is 44.3 Å². The third kappa shape index (κ3) is 6.75. The summed E-state index contributed by atoms with van der Waals surface area (Å²) in [5.74, 6) is 0. The number of aryl methyl sites for hydroxylation is 6. The number of benzene rings is 6. The predicted octanol–water partition coefficient (Wildman–Crippen LogP) is 12.5. The molecule has 0 bridgehead atoms. The minimum atomic E-state index is -0.514. The second-order valence-electron chi connectivity index (χ2n) is 13.0. The molecule has 0 heterocycles. The Labute approximate surface area is 292 Å². The van der Waals surface area contributed by atoms with Crippen molar-refractivity contribution in [2.24, 2.45) is 0 Å². The molecule has 0 fully saturated rings. The quantitative estimate of drug-likeness (QED) is 0.115. The Morgan fingerprint density at radius 3 is 0.896 bits per heavy atom. The van der Waals surface area contributed by atoms with Gasteiger partial charge in [-0.1, -0.05) is 157 Å². The molecule has 0 saturated carbocycles. The molecule has 0 nitrogen and oxygen atoms in total. The molecular formula is C46H42BCl. The molecular weight excluding hydrogens is 599 g/mol. The van der Waals surface area contributed by atoms with Gasteiger partial charge in [-0.05, 0) is 119 Å². The molecule has 0 aliphatic rings. The number of hydrogen-bond donors (Lipinski definition) is 0. The summed E-state index contributed by atoms with van der Waals surface area (Å²) >= 11 is 8.23. The fraction of sp³-hybridized carbons (Fsp3) is 0.130. The van der Waals surface area contributed by atoms with Gasteiger partial charge < -0.3 is 0 Å². The molecule has 0 atom stereocenters. The van der Waals surface area contributed by atoms with Crippen LogP contribution in [0.15, 0.2) is 146 Å². The first-order valence-electron chi connectivity index (χ1n) is 16.7. The number of halogens is 1. The van der Waals surface area contributed by atoms with Crippen LogP contribution in [-0.4, -0.2) is 6.13 Å². The van der Waals surface area contributed by atoms with E-state index in [0.29, 0.717) is 0 Å². The molecule has 48 heavy (non-hydrogen) atoms. The first-order chi connectivity index (χ1) is 23.2. The molecule has 0 spiro atoms. The van der Waals surface area contributed by atoms with Crippen molar-refractivity contribution in [1.29, 1.82) is 0 Å². The summed E-state index contributed by atoms with van der Waals surface area (Å²) in [5, 5.41) is 0. The monoisotopic (exact) mass is 640 g/mol. The Morgan fingerprint density at radius 1 is 0.375 bits per heavy atom. The average Bonchev–Trinajstić information content (AvgIpc) is 3.08. The van der Waals surface area contributed by atoms with E-state index in [1.165, 1.54) is 44.5 Å². The maximum atomic E-state index is 8.23. The first kappa shape index (κ1) is 33.1. The summed E-state index contributed by atoms with van der Waals surface area (Å²) in [7, 11) is 0. The van der Waals surface area contributed by atoms with Gasteiger partial charge in [-0.15, -0.1) is 0 Å². The van der Waals surface area contributed by atoms with Crippen molar-refractivity contribution in [3.8, 4) is 0 Å². The predicted molar refractivity (Wildman–Crippen MR) is 211 cm³/mol. The zero-order valence-electron chi connectivity index (χ0n) is 28.8. The molecule has 0 aliphatic heterocycles. The Balaban J connectivity index is 1.84. The van der Waals surface area contributed by atoms with Gasteiger partial charge in [-0.25, -0.2) is 0 Å². The maximum Gasteiger partial charge on any atom is 0.318 e. The van der Waals surface area contributed by atoms with Gasteiger partial charge >= 0.3 is 6.13 Å². The largest absolute Gasteiger partial charge is 0.318 e. The van der Waals surface area contributed by atoms with Crippen LogP contribution in [0.1, 0.15) is 66.8 Å². The van der Waals surface area contributed by atoms with E-state index >= 15 is 0 Å². The zero-order valence-corrected chi connectivity index (χ0v) is 29.6. The van der Waals surface area contributed by atoms with Gasteiger partial charge in [0.2, 0.25) is 0 Å². The Hall–Kier alpha value is -4.85. The second kappa shape index (κ2) is 14.5. The molecule has 6 aromatic carbocycles. The van der Waals surface area contributed by atoms with Gasteiger partial charge in [0.25, 0.3) is 0 Å². The highest BCUT2D eigenvalue weighted by molar-refractivity contribution is 7.27. The summed E-state index contributed by atoms with van der Waals surface area (Å²) in [4.78, 5) is 0. The fourth-order valence-corrected chi connectivity index (χ4v) is 7.91. The topological polar surface area (TPSA) is 0 Å². The highest BCUT2D eigenvalue weighted by Gasteiger charge is 2.33. The molecule has 0 N–H and O–H groups in total. The van der Waals surface area contributed by atoms with E-state index in [-0.39, 0.29) is 0 Å². The second-order valence-corrected chi connectivity index (χ2v) is 13.4. The molecule has 0 unspecified atom stereocenters. The highest BCUT2D eigenvalue weighted by Crippen LogP contribution is 2.45. The lowest BCUT2D eigenvalue weighted by atomic mass is 9.52. The number of hydrogen-bond acceptors (Lipinski definition) is 0. The van der Waals surface area contributed by atoms with Crippen LogP contribution in [-0.2, 0) is 0 Å². The van der Waals surface area contributed by atoms with Crippen molar-refractivity contribution >= 4 is 39.7 Å². The zero-order chi connectivity index (χ0) is 33.8. The van der Waals surface area contributed by atoms with Crippen LogP contribution in [0.25, 0.3) is 22.1 Å². The van der Waals surface area contributed by atoms with Crippen LogP contribution in [0.2, 0.25) is 0 Å². The van der Waals surface area contributed by atoms with Crippen molar-refractivity contribution < 1.29 is 0 Å². The Bertz CT molecular complexity index is 1910. The van der Waals surface area contributed by atoms with Gasteiger partial charge in [-0.3, -0.25) is 0 Å².